The maximum absolute atomic E-state index is 13.1. The summed E-state index contributed by atoms with van der Waals surface area (Å²) >= 11 is 0. The Morgan fingerprint density at radius 1 is 1.00 bits per heavy atom. The first-order chi connectivity index (χ1) is 10.0. The average Bonchev–Trinajstić information content (AvgIpc) is 2.48. The summed E-state index contributed by atoms with van der Waals surface area (Å²) in [4.78, 5) is 0. The minimum Gasteiger partial charge on any atom is -0.497 e. The van der Waals surface area contributed by atoms with Crippen LogP contribution in [-0.2, 0) is 0 Å². The SMILES string of the molecule is COc1ccc(OC)c(Nc2ccc(N)cc2C(F)F)c1. The van der Waals surface area contributed by atoms with Crippen molar-refractivity contribution in [1.82, 2.24) is 0 Å². The number of anilines is 3. The summed E-state index contributed by atoms with van der Waals surface area (Å²) in [5.41, 5.74) is 6.47. The van der Waals surface area contributed by atoms with Gasteiger partial charge >= 0.3 is 0 Å². The van der Waals surface area contributed by atoms with E-state index >= 15 is 0 Å². The quantitative estimate of drug-likeness (QED) is 0.819. The Bertz CT molecular complexity index is 633. The van der Waals surface area contributed by atoms with Gasteiger partial charge in [-0.2, -0.15) is 0 Å². The molecule has 3 N–H and O–H groups in total. The summed E-state index contributed by atoms with van der Waals surface area (Å²) in [7, 11) is 3.03. The highest BCUT2D eigenvalue weighted by Gasteiger charge is 2.15. The fraction of sp³-hybridized carbons (Fsp3) is 0.200. The highest BCUT2D eigenvalue weighted by Crippen LogP contribution is 2.35. The van der Waals surface area contributed by atoms with E-state index in [9.17, 15) is 8.78 Å². The molecule has 0 aliphatic rings. The molecule has 21 heavy (non-hydrogen) atoms. The van der Waals surface area contributed by atoms with Crippen molar-refractivity contribution in [3.63, 3.8) is 0 Å². The highest BCUT2D eigenvalue weighted by atomic mass is 19.3. The summed E-state index contributed by atoms with van der Waals surface area (Å²) < 4.78 is 36.5. The topological polar surface area (TPSA) is 56.5 Å². The normalized spacial score (nSPS) is 10.5. The van der Waals surface area contributed by atoms with Crippen molar-refractivity contribution in [3.8, 4) is 11.5 Å². The van der Waals surface area contributed by atoms with E-state index in [2.05, 4.69) is 5.32 Å². The second-order valence-electron chi connectivity index (χ2n) is 4.34. The van der Waals surface area contributed by atoms with E-state index < -0.39 is 6.43 Å². The van der Waals surface area contributed by atoms with Crippen LogP contribution in [0.4, 0.5) is 25.8 Å². The summed E-state index contributed by atoms with van der Waals surface area (Å²) in [5.74, 6) is 1.11. The zero-order valence-corrected chi connectivity index (χ0v) is 11.7. The molecule has 0 unspecified atom stereocenters. The van der Waals surface area contributed by atoms with Crippen molar-refractivity contribution >= 4 is 17.1 Å². The first-order valence-corrected chi connectivity index (χ1v) is 6.21. The molecular weight excluding hydrogens is 278 g/mol. The van der Waals surface area contributed by atoms with Crippen LogP contribution in [0.3, 0.4) is 0 Å². The Morgan fingerprint density at radius 2 is 1.76 bits per heavy atom. The van der Waals surface area contributed by atoms with E-state index in [-0.39, 0.29) is 16.9 Å². The number of alkyl halides is 2. The molecule has 0 amide bonds. The minimum atomic E-state index is -2.63. The standard InChI is InChI=1S/C15H16F2N2O2/c1-20-10-4-6-14(21-2)13(8-10)19-12-5-3-9(18)7-11(12)15(16)17/h3-8,15,19H,18H2,1-2H3. The van der Waals surface area contributed by atoms with E-state index in [4.69, 9.17) is 15.2 Å². The first kappa shape index (κ1) is 14.9. The summed E-state index contributed by atoms with van der Waals surface area (Å²) in [6.45, 7) is 0. The lowest BCUT2D eigenvalue weighted by atomic mass is 10.1. The zero-order chi connectivity index (χ0) is 15.4. The molecule has 0 aliphatic carbocycles. The van der Waals surface area contributed by atoms with Gasteiger partial charge in [-0.3, -0.25) is 0 Å². The molecular formula is C15H16F2N2O2. The number of ether oxygens (including phenoxy) is 2. The van der Waals surface area contributed by atoms with Crippen molar-refractivity contribution in [3.05, 3.63) is 42.0 Å². The molecule has 0 atom stereocenters. The molecule has 6 heteroatoms. The van der Waals surface area contributed by atoms with Gasteiger partial charge in [-0.25, -0.2) is 8.78 Å². The molecule has 2 aromatic rings. The molecule has 0 bridgehead atoms. The third-order valence-electron chi connectivity index (χ3n) is 2.99. The van der Waals surface area contributed by atoms with Crippen LogP contribution in [0.2, 0.25) is 0 Å². The van der Waals surface area contributed by atoms with Crippen molar-refractivity contribution < 1.29 is 18.3 Å². The Kier molecular flexibility index (Phi) is 4.47. The number of rotatable bonds is 5. The number of methoxy groups -OCH3 is 2. The average molecular weight is 294 g/mol. The largest absolute Gasteiger partial charge is 0.497 e. The van der Waals surface area contributed by atoms with Crippen molar-refractivity contribution in [1.29, 1.82) is 0 Å². The summed E-state index contributed by atoms with van der Waals surface area (Å²) in [5, 5.41) is 2.93. The van der Waals surface area contributed by atoms with Crippen LogP contribution in [0.5, 0.6) is 11.5 Å². The monoisotopic (exact) mass is 294 g/mol. The number of nitrogen functional groups attached to an aromatic ring is 1. The lowest BCUT2D eigenvalue weighted by Crippen LogP contribution is -2.00. The van der Waals surface area contributed by atoms with Crippen LogP contribution >= 0.6 is 0 Å². The van der Waals surface area contributed by atoms with E-state index in [0.29, 0.717) is 17.2 Å². The lowest BCUT2D eigenvalue weighted by molar-refractivity contribution is 0.152. The lowest BCUT2D eigenvalue weighted by Gasteiger charge is -2.15. The number of halogens is 2. The summed E-state index contributed by atoms with van der Waals surface area (Å²) in [6.07, 6.45) is -2.63. The molecule has 0 fully saturated rings. The molecule has 2 rings (SSSR count). The van der Waals surface area contributed by atoms with Crippen LogP contribution in [0.1, 0.15) is 12.0 Å². The van der Waals surface area contributed by atoms with Crippen LogP contribution in [0, 0.1) is 0 Å². The molecule has 0 saturated heterocycles. The molecule has 0 aliphatic heterocycles. The Labute approximate surface area is 121 Å². The third kappa shape index (κ3) is 3.34. The van der Waals surface area contributed by atoms with Gasteiger partial charge in [0.1, 0.15) is 11.5 Å². The van der Waals surface area contributed by atoms with Gasteiger partial charge in [0.25, 0.3) is 6.43 Å². The van der Waals surface area contributed by atoms with Crippen molar-refractivity contribution in [2.75, 3.05) is 25.3 Å². The fourth-order valence-corrected chi connectivity index (χ4v) is 1.93. The van der Waals surface area contributed by atoms with E-state index in [1.807, 2.05) is 0 Å². The van der Waals surface area contributed by atoms with Crippen LogP contribution in [0.15, 0.2) is 36.4 Å². The third-order valence-corrected chi connectivity index (χ3v) is 2.99. The first-order valence-electron chi connectivity index (χ1n) is 6.21. The number of nitrogens with two attached hydrogens (primary N) is 1. The maximum Gasteiger partial charge on any atom is 0.265 e. The predicted molar refractivity (Wildman–Crippen MR) is 78.6 cm³/mol. The van der Waals surface area contributed by atoms with Gasteiger partial charge in [0, 0.05) is 23.0 Å². The predicted octanol–water partition coefficient (Wildman–Crippen LogP) is 3.97. The number of hydrogen-bond donors (Lipinski definition) is 2. The van der Waals surface area contributed by atoms with Gasteiger partial charge in [0.05, 0.1) is 19.9 Å². The van der Waals surface area contributed by atoms with Crippen molar-refractivity contribution in [2.24, 2.45) is 0 Å². The summed E-state index contributed by atoms with van der Waals surface area (Å²) in [6, 6.07) is 9.40. The number of hydrogen-bond acceptors (Lipinski definition) is 4. The Hall–Kier alpha value is -2.50. The second-order valence-corrected chi connectivity index (χ2v) is 4.34. The number of nitrogens with one attached hydrogen (secondary N) is 1. The van der Waals surface area contributed by atoms with Gasteiger partial charge in [0.15, 0.2) is 0 Å². The second kappa shape index (κ2) is 6.30. The highest BCUT2D eigenvalue weighted by molar-refractivity contribution is 5.71. The van der Waals surface area contributed by atoms with Crippen molar-refractivity contribution in [2.45, 2.75) is 6.43 Å². The van der Waals surface area contributed by atoms with E-state index in [0.717, 1.165) is 0 Å². The van der Waals surface area contributed by atoms with Gasteiger partial charge < -0.3 is 20.5 Å². The van der Waals surface area contributed by atoms with E-state index in [1.165, 1.54) is 26.4 Å². The maximum atomic E-state index is 13.1. The number of benzene rings is 2. The van der Waals surface area contributed by atoms with Crippen LogP contribution < -0.4 is 20.5 Å². The molecule has 4 nitrogen and oxygen atoms in total. The Morgan fingerprint density at radius 3 is 2.38 bits per heavy atom. The zero-order valence-electron chi connectivity index (χ0n) is 11.7. The molecule has 112 valence electrons. The van der Waals surface area contributed by atoms with E-state index in [1.54, 1.807) is 24.3 Å². The Balaban J connectivity index is 2.42. The molecule has 0 spiro atoms. The molecule has 0 radical (unpaired) electrons. The molecule has 0 aromatic heterocycles. The minimum absolute atomic E-state index is 0.167. The van der Waals surface area contributed by atoms with Gasteiger partial charge in [-0.05, 0) is 30.3 Å². The fourth-order valence-electron chi connectivity index (χ4n) is 1.93. The smallest absolute Gasteiger partial charge is 0.265 e. The van der Waals surface area contributed by atoms with Gasteiger partial charge in [-0.1, -0.05) is 0 Å². The van der Waals surface area contributed by atoms with Gasteiger partial charge in [-0.15, -0.1) is 0 Å². The molecule has 2 aromatic carbocycles. The van der Waals surface area contributed by atoms with Gasteiger partial charge in [0.2, 0.25) is 0 Å². The molecule has 0 saturated carbocycles. The van der Waals surface area contributed by atoms with Crippen LogP contribution in [-0.4, -0.2) is 14.2 Å². The molecule has 0 heterocycles. The van der Waals surface area contributed by atoms with Crippen LogP contribution in [0.25, 0.3) is 0 Å².